The van der Waals surface area contributed by atoms with Crippen LogP contribution in [-0.4, -0.2) is 35.6 Å². The van der Waals surface area contributed by atoms with E-state index in [0.29, 0.717) is 55.6 Å². The Balaban J connectivity index is 1.73. The Morgan fingerprint density at radius 2 is 1.68 bits per heavy atom. The van der Waals surface area contributed by atoms with Crippen LogP contribution in [0.3, 0.4) is 0 Å². The Morgan fingerprint density at radius 3 is 2.38 bits per heavy atom. The van der Waals surface area contributed by atoms with Crippen molar-refractivity contribution in [2.45, 2.75) is 32.4 Å². The third kappa shape index (κ3) is 3.49. The summed E-state index contributed by atoms with van der Waals surface area (Å²) in [6.07, 6.45) is 0. The number of methoxy groups -OCH3 is 2. The zero-order chi connectivity index (χ0) is 28.5. The normalized spacial score (nSPS) is 17.4. The maximum absolute atomic E-state index is 14.5. The van der Waals surface area contributed by atoms with Crippen molar-refractivity contribution in [3.63, 3.8) is 0 Å². The van der Waals surface area contributed by atoms with E-state index in [1.165, 1.54) is 4.90 Å². The monoisotopic (exact) mass is 576 g/mol. The molecule has 204 valence electrons. The molecule has 8 nitrogen and oxygen atoms in total. The van der Waals surface area contributed by atoms with Crippen molar-refractivity contribution in [3.8, 4) is 22.9 Å². The van der Waals surface area contributed by atoms with Crippen LogP contribution in [0.25, 0.3) is 11.4 Å². The molecule has 0 aliphatic carbocycles. The van der Waals surface area contributed by atoms with Crippen molar-refractivity contribution >= 4 is 46.4 Å². The number of amides is 2. The Kier molecular flexibility index (Phi) is 6.09. The Bertz CT molecular complexity index is 1730. The number of hydrogen-bond donors (Lipinski definition) is 1. The summed E-state index contributed by atoms with van der Waals surface area (Å²) in [6, 6.07) is 15.7. The number of hydrogen-bond acceptors (Lipinski definition) is 5. The molecule has 0 radical (unpaired) electrons. The van der Waals surface area contributed by atoms with Crippen LogP contribution in [0.4, 0.5) is 11.4 Å². The lowest BCUT2D eigenvalue weighted by molar-refractivity contribution is -0.119. The van der Waals surface area contributed by atoms with Crippen molar-refractivity contribution in [1.29, 1.82) is 0 Å². The molecule has 2 amide bonds. The van der Waals surface area contributed by atoms with E-state index in [9.17, 15) is 9.59 Å². The number of nitrogens with one attached hydrogen (secondary N) is 1. The van der Waals surface area contributed by atoms with E-state index in [0.717, 1.165) is 5.56 Å². The molecule has 4 aromatic rings. The zero-order valence-electron chi connectivity index (χ0n) is 22.5. The Labute approximate surface area is 241 Å². The van der Waals surface area contributed by atoms with Crippen molar-refractivity contribution in [3.05, 3.63) is 87.2 Å². The number of anilines is 2. The number of benzene rings is 3. The molecular formula is C30H26Cl2N4O4. The first-order valence-electron chi connectivity index (χ1n) is 12.7. The van der Waals surface area contributed by atoms with Gasteiger partial charge in [0.15, 0.2) is 11.2 Å². The fraction of sp³-hybridized carbons (Fsp3) is 0.233. The lowest BCUT2D eigenvalue weighted by Crippen LogP contribution is -2.51. The number of imidazole rings is 1. The summed E-state index contributed by atoms with van der Waals surface area (Å²) in [4.78, 5) is 35.2. The average Bonchev–Trinajstić information content (AvgIpc) is 3.53. The number of aromatic nitrogens is 2. The molecule has 1 N–H and O–H groups in total. The molecule has 6 rings (SSSR count). The van der Waals surface area contributed by atoms with Gasteiger partial charge in [0.05, 0.1) is 31.2 Å². The highest BCUT2D eigenvalue weighted by atomic mass is 35.5. The Morgan fingerprint density at radius 1 is 0.950 bits per heavy atom. The fourth-order valence-corrected chi connectivity index (χ4v) is 6.15. The van der Waals surface area contributed by atoms with E-state index in [-0.39, 0.29) is 17.6 Å². The van der Waals surface area contributed by atoms with Crippen LogP contribution in [-0.2, 0) is 10.3 Å². The largest absolute Gasteiger partial charge is 0.497 e. The molecule has 40 heavy (non-hydrogen) atoms. The molecule has 2 aliphatic rings. The third-order valence-corrected chi connectivity index (χ3v) is 7.99. The van der Waals surface area contributed by atoms with Crippen molar-refractivity contribution in [1.82, 2.24) is 9.55 Å². The smallest absolute Gasteiger partial charge is 0.280 e. The first-order valence-corrected chi connectivity index (χ1v) is 13.5. The van der Waals surface area contributed by atoms with Gasteiger partial charge >= 0.3 is 0 Å². The van der Waals surface area contributed by atoms with E-state index in [4.69, 9.17) is 37.7 Å². The second-order valence-electron chi connectivity index (χ2n) is 10.1. The van der Waals surface area contributed by atoms with Crippen molar-refractivity contribution in [2.24, 2.45) is 0 Å². The molecule has 0 bridgehead atoms. The summed E-state index contributed by atoms with van der Waals surface area (Å²) < 4.78 is 13.0. The summed E-state index contributed by atoms with van der Waals surface area (Å²) in [5.74, 6) is 0.853. The highest BCUT2D eigenvalue weighted by Gasteiger charge is 2.64. The summed E-state index contributed by atoms with van der Waals surface area (Å²) in [6.45, 7) is 5.86. The molecule has 2 aliphatic heterocycles. The van der Waals surface area contributed by atoms with Crippen LogP contribution in [0, 0.1) is 6.92 Å². The number of ether oxygens (including phenoxy) is 2. The van der Waals surface area contributed by atoms with E-state index in [2.05, 4.69) is 5.32 Å². The number of aryl methyl sites for hydroxylation is 1. The topological polar surface area (TPSA) is 85.7 Å². The van der Waals surface area contributed by atoms with Gasteiger partial charge in [0.25, 0.3) is 11.8 Å². The van der Waals surface area contributed by atoms with E-state index in [1.807, 2.05) is 37.5 Å². The molecule has 0 fully saturated rings. The molecule has 10 heteroatoms. The minimum atomic E-state index is -1.56. The minimum Gasteiger partial charge on any atom is -0.497 e. The summed E-state index contributed by atoms with van der Waals surface area (Å²) in [7, 11) is 3.14. The molecule has 3 aromatic carbocycles. The predicted molar refractivity (Wildman–Crippen MR) is 155 cm³/mol. The molecule has 0 saturated carbocycles. The molecule has 0 unspecified atom stereocenters. The minimum absolute atomic E-state index is 0.180. The number of fused-ring (bicyclic) bond motifs is 4. The highest BCUT2D eigenvalue weighted by molar-refractivity contribution is 6.32. The number of carbonyl (C=O) groups excluding carboxylic acids is 2. The molecule has 0 saturated heterocycles. The molecule has 3 heterocycles. The number of halogens is 2. The van der Waals surface area contributed by atoms with Gasteiger partial charge in [-0.05, 0) is 62.7 Å². The quantitative estimate of drug-likeness (QED) is 0.288. The van der Waals surface area contributed by atoms with Crippen LogP contribution >= 0.6 is 23.2 Å². The first-order chi connectivity index (χ1) is 19.1. The van der Waals surface area contributed by atoms with Crippen molar-refractivity contribution < 1.29 is 19.1 Å². The number of carbonyl (C=O) groups is 2. The number of rotatable bonds is 5. The lowest BCUT2D eigenvalue weighted by Gasteiger charge is -2.36. The zero-order valence-corrected chi connectivity index (χ0v) is 24.0. The van der Waals surface area contributed by atoms with Gasteiger partial charge in [0, 0.05) is 33.4 Å². The van der Waals surface area contributed by atoms with Gasteiger partial charge in [-0.1, -0.05) is 35.3 Å². The Hall–Kier alpha value is -4.01. The van der Waals surface area contributed by atoms with Gasteiger partial charge in [-0.15, -0.1) is 0 Å². The molecule has 1 spiro atoms. The predicted octanol–water partition coefficient (Wildman–Crippen LogP) is 6.62. The molecule has 1 atom stereocenters. The maximum Gasteiger partial charge on any atom is 0.280 e. The first kappa shape index (κ1) is 26.2. The highest BCUT2D eigenvalue weighted by Crippen LogP contribution is 2.55. The van der Waals surface area contributed by atoms with Crippen LogP contribution in [0.5, 0.6) is 11.5 Å². The standard InChI is InChI=1S/C30H26Cl2N4O4/c1-15(2)35-26-25(34-27(35)20-10-9-19(39-4)14-24(20)40-5)28(37)36(23-13-18(32)7-6-16(23)3)30(26)21-11-8-17(31)12-22(21)33-29(30)38/h6-15H,1-5H3,(H,33,38)/t30-/m0/s1. The van der Waals surface area contributed by atoms with Gasteiger partial charge in [-0.3, -0.25) is 14.5 Å². The van der Waals surface area contributed by atoms with Crippen LogP contribution < -0.4 is 19.7 Å². The summed E-state index contributed by atoms with van der Waals surface area (Å²) in [5.41, 5.74) is 2.19. The average molecular weight is 577 g/mol. The maximum atomic E-state index is 14.5. The van der Waals surface area contributed by atoms with Crippen LogP contribution in [0.1, 0.15) is 47.2 Å². The van der Waals surface area contributed by atoms with Crippen LogP contribution in [0.15, 0.2) is 54.6 Å². The molecular weight excluding hydrogens is 551 g/mol. The van der Waals surface area contributed by atoms with E-state index in [1.54, 1.807) is 56.7 Å². The van der Waals surface area contributed by atoms with Gasteiger partial charge < -0.3 is 19.4 Å². The fourth-order valence-electron chi connectivity index (χ4n) is 5.81. The van der Waals surface area contributed by atoms with Crippen molar-refractivity contribution in [2.75, 3.05) is 24.4 Å². The SMILES string of the molecule is COc1ccc(-c2nc3c(n2C(C)C)[C@@]2(C(=O)Nc4cc(Cl)ccc42)N(c2cc(Cl)ccc2C)C3=O)c(OC)c1. The van der Waals surface area contributed by atoms with Gasteiger partial charge in [0.1, 0.15) is 17.3 Å². The van der Waals surface area contributed by atoms with Crippen LogP contribution in [0.2, 0.25) is 10.0 Å². The van der Waals surface area contributed by atoms with E-state index >= 15 is 0 Å². The van der Waals surface area contributed by atoms with E-state index < -0.39 is 11.4 Å². The van der Waals surface area contributed by atoms with Gasteiger partial charge in [-0.25, -0.2) is 4.98 Å². The number of nitrogens with zero attached hydrogens (tertiary/aromatic N) is 3. The second-order valence-corrected chi connectivity index (χ2v) is 11.0. The summed E-state index contributed by atoms with van der Waals surface area (Å²) in [5, 5.41) is 3.89. The second kappa shape index (κ2) is 9.28. The summed E-state index contributed by atoms with van der Waals surface area (Å²) >= 11 is 12.8. The lowest BCUT2D eigenvalue weighted by atomic mass is 9.86. The van der Waals surface area contributed by atoms with Gasteiger partial charge in [-0.2, -0.15) is 0 Å². The third-order valence-electron chi connectivity index (χ3n) is 7.52. The van der Waals surface area contributed by atoms with Gasteiger partial charge in [0.2, 0.25) is 0 Å². The molecule has 1 aromatic heterocycles.